The molecular formula is C21H30IN3O2S. The van der Waals surface area contributed by atoms with Crippen molar-refractivity contribution in [2.75, 3.05) is 19.7 Å². The van der Waals surface area contributed by atoms with Crippen molar-refractivity contribution in [2.45, 2.75) is 45.4 Å². The van der Waals surface area contributed by atoms with E-state index in [0.29, 0.717) is 24.6 Å². The number of benzene rings is 1. The Hall–Kier alpha value is -0.900. The smallest absolute Gasteiger partial charge is 0.191 e. The van der Waals surface area contributed by atoms with Gasteiger partial charge in [0.25, 0.3) is 0 Å². The number of rotatable bonds is 5. The highest BCUT2D eigenvalue weighted by molar-refractivity contribution is 14.0. The highest BCUT2D eigenvalue weighted by Crippen LogP contribution is 2.52. The molecule has 2 heterocycles. The number of fused-ring (bicyclic) bond motifs is 2. The highest BCUT2D eigenvalue weighted by Gasteiger charge is 2.59. The van der Waals surface area contributed by atoms with Crippen molar-refractivity contribution in [2.24, 2.45) is 16.3 Å². The van der Waals surface area contributed by atoms with E-state index in [-0.39, 0.29) is 29.4 Å². The summed E-state index contributed by atoms with van der Waals surface area (Å²) in [4.78, 5) is 5.63. The average molecular weight is 515 g/mol. The van der Waals surface area contributed by atoms with E-state index in [0.717, 1.165) is 30.4 Å². The van der Waals surface area contributed by atoms with Gasteiger partial charge in [0.15, 0.2) is 5.96 Å². The first-order valence-electron chi connectivity index (χ1n) is 9.83. The van der Waals surface area contributed by atoms with Crippen molar-refractivity contribution in [1.82, 2.24) is 10.6 Å². The fourth-order valence-corrected chi connectivity index (χ4v) is 5.56. The molecule has 1 aromatic carbocycles. The van der Waals surface area contributed by atoms with Gasteiger partial charge in [-0.1, -0.05) is 32.0 Å². The van der Waals surface area contributed by atoms with Crippen LogP contribution in [-0.2, 0) is 4.74 Å². The number of ether oxygens (including phenoxy) is 1. The molecule has 4 atom stereocenters. The zero-order chi connectivity index (χ0) is 19.0. The molecule has 2 aromatic rings. The number of aliphatic hydroxyl groups excluding tert-OH is 1. The second kappa shape index (κ2) is 8.85. The van der Waals surface area contributed by atoms with E-state index in [2.05, 4.69) is 54.6 Å². The second-order valence-corrected chi connectivity index (χ2v) is 9.22. The third-order valence-corrected chi connectivity index (χ3v) is 7.15. The summed E-state index contributed by atoms with van der Waals surface area (Å²) >= 11 is 1.64. The largest absolute Gasteiger partial charge is 0.386 e. The van der Waals surface area contributed by atoms with Gasteiger partial charge in [0, 0.05) is 40.1 Å². The zero-order valence-electron chi connectivity index (χ0n) is 16.6. The maximum Gasteiger partial charge on any atom is 0.191 e. The Morgan fingerprint density at radius 1 is 1.39 bits per heavy atom. The topological polar surface area (TPSA) is 65.9 Å². The van der Waals surface area contributed by atoms with Crippen molar-refractivity contribution < 1.29 is 9.84 Å². The van der Waals surface area contributed by atoms with E-state index in [1.165, 1.54) is 10.1 Å². The maximum atomic E-state index is 10.6. The van der Waals surface area contributed by atoms with Gasteiger partial charge < -0.3 is 20.5 Å². The van der Waals surface area contributed by atoms with Crippen LogP contribution in [0.3, 0.4) is 0 Å². The molecule has 154 valence electrons. The Kier molecular flexibility index (Phi) is 6.89. The summed E-state index contributed by atoms with van der Waals surface area (Å²) in [6.07, 6.45) is 0.868. The number of thiophene rings is 1. The Morgan fingerprint density at radius 3 is 2.93 bits per heavy atom. The van der Waals surface area contributed by atoms with Gasteiger partial charge in [-0.3, -0.25) is 4.99 Å². The second-order valence-electron chi connectivity index (χ2n) is 8.11. The van der Waals surface area contributed by atoms with E-state index in [9.17, 15) is 5.11 Å². The minimum absolute atomic E-state index is 0. The van der Waals surface area contributed by atoms with Crippen LogP contribution in [0.4, 0.5) is 0 Å². The molecule has 1 saturated heterocycles. The third-order valence-electron chi connectivity index (χ3n) is 5.93. The van der Waals surface area contributed by atoms with Crippen molar-refractivity contribution in [3.05, 3.63) is 35.2 Å². The van der Waals surface area contributed by atoms with Gasteiger partial charge in [-0.05, 0) is 30.9 Å². The molecule has 3 N–H and O–H groups in total. The van der Waals surface area contributed by atoms with E-state index >= 15 is 0 Å². The van der Waals surface area contributed by atoms with Gasteiger partial charge in [0.2, 0.25) is 0 Å². The average Bonchev–Trinajstić information content (AvgIpc) is 3.29. The molecule has 0 bridgehead atoms. The number of nitrogens with one attached hydrogen (secondary N) is 2. The van der Waals surface area contributed by atoms with E-state index < -0.39 is 6.10 Å². The van der Waals surface area contributed by atoms with Crippen molar-refractivity contribution in [3.8, 4) is 0 Å². The molecule has 4 rings (SSSR count). The summed E-state index contributed by atoms with van der Waals surface area (Å²) in [6.45, 7) is 8.57. The van der Waals surface area contributed by atoms with Gasteiger partial charge in [-0.25, -0.2) is 0 Å². The number of aliphatic hydroxyl groups is 1. The van der Waals surface area contributed by atoms with Gasteiger partial charge in [0.1, 0.15) is 6.10 Å². The predicted molar refractivity (Wildman–Crippen MR) is 127 cm³/mol. The van der Waals surface area contributed by atoms with Crippen molar-refractivity contribution in [1.29, 1.82) is 0 Å². The van der Waals surface area contributed by atoms with E-state index in [1.807, 2.05) is 12.1 Å². The van der Waals surface area contributed by atoms with Crippen LogP contribution in [0.15, 0.2) is 35.3 Å². The monoisotopic (exact) mass is 515 g/mol. The van der Waals surface area contributed by atoms with Crippen LogP contribution in [0.5, 0.6) is 0 Å². The lowest BCUT2D eigenvalue weighted by atomic mass is 9.57. The fraction of sp³-hybridized carbons (Fsp3) is 0.571. The minimum atomic E-state index is -0.588. The van der Waals surface area contributed by atoms with Gasteiger partial charge in [-0.15, -0.1) is 35.3 Å². The molecular weight excluding hydrogens is 485 g/mol. The van der Waals surface area contributed by atoms with Crippen LogP contribution < -0.4 is 10.6 Å². The summed E-state index contributed by atoms with van der Waals surface area (Å²) in [5, 5.41) is 18.7. The number of hydrogen-bond acceptors (Lipinski definition) is 4. The maximum absolute atomic E-state index is 10.6. The quantitative estimate of drug-likeness (QED) is 0.321. The van der Waals surface area contributed by atoms with Crippen molar-refractivity contribution in [3.63, 3.8) is 0 Å². The molecule has 1 aromatic heterocycles. The van der Waals surface area contributed by atoms with Crippen LogP contribution in [0.25, 0.3) is 10.1 Å². The number of halogens is 1. The summed E-state index contributed by atoms with van der Waals surface area (Å²) in [5.41, 5.74) is 0.0987. The Labute approximate surface area is 188 Å². The Balaban J connectivity index is 0.00000225. The fourth-order valence-electron chi connectivity index (χ4n) is 4.52. The number of aliphatic imine (C=N–C) groups is 1. The summed E-state index contributed by atoms with van der Waals surface area (Å²) in [7, 11) is 0. The first kappa shape index (κ1) is 21.8. The van der Waals surface area contributed by atoms with E-state index in [4.69, 9.17) is 4.74 Å². The van der Waals surface area contributed by atoms with Crippen LogP contribution in [0.1, 0.15) is 38.2 Å². The molecule has 28 heavy (non-hydrogen) atoms. The Bertz CT molecular complexity index is 805. The zero-order valence-corrected chi connectivity index (χ0v) is 19.8. The summed E-state index contributed by atoms with van der Waals surface area (Å²) in [6, 6.07) is 10.6. The number of guanidine groups is 1. The lowest BCUT2D eigenvalue weighted by Crippen LogP contribution is -2.68. The third kappa shape index (κ3) is 4.04. The standard InChI is InChI=1S/C21H29N3O2S.HI/c1-4-22-20(24-18-14-9-10-26-19(14)21(18,2)3)23-12-15(25)17-11-13-7-5-6-8-16(13)27-17;/h5-8,11,14-15,18-19,25H,4,9-10,12H2,1-3H3,(H2,22,23,24);1H. The molecule has 1 aliphatic heterocycles. The van der Waals surface area contributed by atoms with Gasteiger partial charge in [-0.2, -0.15) is 0 Å². The van der Waals surface area contributed by atoms with Crippen LogP contribution in [-0.4, -0.2) is 42.9 Å². The minimum Gasteiger partial charge on any atom is -0.386 e. The highest BCUT2D eigenvalue weighted by atomic mass is 127. The normalized spacial score (nSPS) is 26.9. The van der Waals surface area contributed by atoms with Crippen LogP contribution in [0, 0.1) is 11.3 Å². The first-order valence-corrected chi connectivity index (χ1v) is 10.7. The van der Waals surface area contributed by atoms with Crippen LogP contribution >= 0.6 is 35.3 Å². The van der Waals surface area contributed by atoms with E-state index in [1.54, 1.807) is 11.3 Å². The first-order chi connectivity index (χ1) is 13.0. The van der Waals surface area contributed by atoms with Gasteiger partial charge >= 0.3 is 0 Å². The SMILES string of the molecule is CCNC(=NCC(O)c1cc2ccccc2s1)NC1C2CCOC2C1(C)C.I. The summed E-state index contributed by atoms with van der Waals surface area (Å²) in [5.74, 6) is 1.33. The number of nitrogens with zero attached hydrogens (tertiary/aromatic N) is 1. The molecule has 1 saturated carbocycles. The molecule has 0 radical (unpaired) electrons. The predicted octanol–water partition coefficient (Wildman–Crippen LogP) is 3.92. The Morgan fingerprint density at radius 2 is 2.18 bits per heavy atom. The van der Waals surface area contributed by atoms with Crippen LogP contribution in [0.2, 0.25) is 0 Å². The number of hydrogen-bond donors (Lipinski definition) is 3. The molecule has 0 spiro atoms. The molecule has 2 fully saturated rings. The molecule has 7 heteroatoms. The van der Waals surface area contributed by atoms with Gasteiger partial charge in [0.05, 0.1) is 12.6 Å². The molecule has 2 aliphatic rings. The lowest BCUT2D eigenvalue weighted by molar-refractivity contribution is -0.106. The molecule has 4 unspecified atom stereocenters. The molecule has 5 nitrogen and oxygen atoms in total. The molecule has 0 amide bonds. The van der Waals surface area contributed by atoms with Crippen molar-refractivity contribution >= 4 is 51.4 Å². The summed E-state index contributed by atoms with van der Waals surface area (Å²) < 4.78 is 7.08. The lowest BCUT2D eigenvalue weighted by Gasteiger charge is -2.54. The molecule has 1 aliphatic carbocycles.